The third-order valence-corrected chi connectivity index (χ3v) is 2.36. The molecule has 0 aliphatic rings. The van der Waals surface area contributed by atoms with E-state index in [9.17, 15) is 0 Å². The van der Waals surface area contributed by atoms with Crippen molar-refractivity contribution in [1.82, 2.24) is 5.32 Å². The lowest BCUT2D eigenvalue weighted by atomic mass is 10.1. The standard InChI is InChI=1S/C13H21NO/c1-11(2)15-10-13(14-3)9-12-7-5-4-6-8-12/h4-8,11,13-14H,9-10H2,1-3H3. The predicted octanol–water partition coefficient (Wildman–Crippen LogP) is 2.24. The van der Waals surface area contributed by atoms with Crippen LogP contribution in [0.5, 0.6) is 0 Å². The number of hydrogen-bond acceptors (Lipinski definition) is 2. The van der Waals surface area contributed by atoms with Gasteiger partial charge in [0.1, 0.15) is 0 Å². The number of rotatable bonds is 6. The first-order valence-corrected chi connectivity index (χ1v) is 5.55. The van der Waals surface area contributed by atoms with E-state index in [1.807, 2.05) is 13.1 Å². The minimum Gasteiger partial charge on any atom is -0.377 e. The first-order chi connectivity index (χ1) is 7.22. The second-order valence-electron chi connectivity index (χ2n) is 4.06. The Kier molecular flexibility index (Phi) is 5.37. The topological polar surface area (TPSA) is 21.3 Å². The molecule has 0 bridgehead atoms. The van der Waals surface area contributed by atoms with E-state index in [-0.39, 0.29) is 0 Å². The molecule has 0 amide bonds. The van der Waals surface area contributed by atoms with Crippen molar-refractivity contribution < 1.29 is 4.74 Å². The van der Waals surface area contributed by atoms with Gasteiger partial charge in [-0.25, -0.2) is 0 Å². The van der Waals surface area contributed by atoms with Crippen LogP contribution in [0.1, 0.15) is 19.4 Å². The molecule has 2 heteroatoms. The molecule has 15 heavy (non-hydrogen) atoms. The van der Waals surface area contributed by atoms with Gasteiger partial charge in [-0.3, -0.25) is 0 Å². The zero-order chi connectivity index (χ0) is 11.1. The van der Waals surface area contributed by atoms with Crippen molar-refractivity contribution >= 4 is 0 Å². The Morgan fingerprint density at radius 3 is 2.40 bits per heavy atom. The van der Waals surface area contributed by atoms with Crippen LogP contribution in [0.2, 0.25) is 0 Å². The summed E-state index contributed by atoms with van der Waals surface area (Å²) in [7, 11) is 1.98. The van der Waals surface area contributed by atoms with Crippen LogP contribution in [0.4, 0.5) is 0 Å². The molecule has 2 nitrogen and oxygen atoms in total. The van der Waals surface area contributed by atoms with E-state index in [1.165, 1.54) is 5.56 Å². The summed E-state index contributed by atoms with van der Waals surface area (Å²) in [6.45, 7) is 4.90. The Morgan fingerprint density at radius 2 is 1.87 bits per heavy atom. The molecule has 0 radical (unpaired) electrons. The minimum absolute atomic E-state index is 0.302. The van der Waals surface area contributed by atoms with Crippen molar-refractivity contribution in [3.63, 3.8) is 0 Å². The fourth-order valence-electron chi connectivity index (χ4n) is 1.45. The van der Waals surface area contributed by atoms with Crippen LogP contribution in [0.25, 0.3) is 0 Å². The molecule has 0 spiro atoms. The van der Waals surface area contributed by atoms with E-state index in [0.29, 0.717) is 12.1 Å². The summed E-state index contributed by atoms with van der Waals surface area (Å²) in [4.78, 5) is 0. The lowest BCUT2D eigenvalue weighted by Crippen LogP contribution is -2.33. The number of hydrogen-bond donors (Lipinski definition) is 1. The summed E-state index contributed by atoms with van der Waals surface area (Å²) in [6.07, 6.45) is 1.32. The molecule has 1 atom stereocenters. The van der Waals surface area contributed by atoms with Gasteiger partial charge < -0.3 is 10.1 Å². The van der Waals surface area contributed by atoms with Gasteiger partial charge in [-0.05, 0) is 32.9 Å². The Labute approximate surface area is 92.6 Å². The highest BCUT2D eigenvalue weighted by Crippen LogP contribution is 2.04. The molecule has 0 aliphatic heterocycles. The largest absolute Gasteiger partial charge is 0.377 e. The van der Waals surface area contributed by atoms with Crippen LogP contribution in [0.15, 0.2) is 30.3 Å². The molecule has 0 heterocycles. The maximum Gasteiger partial charge on any atom is 0.0626 e. The molecule has 1 unspecified atom stereocenters. The van der Waals surface area contributed by atoms with Crippen molar-refractivity contribution in [2.24, 2.45) is 0 Å². The quantitative estimate of drug-likeness (QED) is 0.772. The van der Waals surface area contributed by atoms with Gasteiger partial charge in [0, 0.05) is 6.04 Å². The SMILES string of the molecule is CNC(COC(C)C)Cc1ccccc1. The third kappa shape index (κ3) is 4.96. The zero-order valence-electron chi connectivity index (χ0n) is 9.86. The smallest absolute Gasteiger partial charge is 0.0626 e. The molecular weight excluding hydrogens is 186 g/mol. The number of ether oxygens (including phenoxy) is 1. The van der Waals surface area contributed by atoms with Gasteiger partial charge in [0.25, 0.3) is 0 Å². The minimum atomic E-state index is 0.302. The average Bonchev–Trinajstić information content (AvgIpc) is 2.25. The number of likely N-dealkylation sites (N-methyl/N-ethyl adjacent to an activating group) is 1. The van der Waals surface area contributed by atoms with Gasteiger partial charge in [0.15, 0.2) is 0 Å². The summed E-state index contributed by atoms with van der Waals surface area (Å²) >= 11 is 0. The van der Waals surface area contributed by atoms with Crippen molar-refractivity contribution in [1.29, 1.82) is 0 Å². The highest BCUT2D eigenvalue weighted by Gasteiger charge is 2.07. The first-order valence-electron chi connectivity index (χ1n) is 5.55. The van der Waals surface area contributed by atoms with Crippen LogP contribution in [0, 0.1) is 0 Å². The molecule has 0 aromatic heterocycles. The Hall–Kier alpha value is -0.860. The number of benzene rings is 1. The van der Waals surface area contributed by atoms with Gasteiger partial charge in [0.05, 0.1) is 12.7 Å². The van der Waals surface area contributed by atoms with E-state index >= 15 is 0 Å². The van der Waals surface area contributed by atoms with Crippen LogP contribution in [-0.4, -0.2) is 25.8 Å². The van der Waals surface area contributed by atoms with Crippen LogP contribution in [0.3, 0.4) is 0 Å². The molecule has 0 aliphatic carbocycles. The van der Waals surface area contributed by atoms with E-state index in [4.69, 9.17) is 4.74 Å². The highest BCUT2D eigenvalue weighted by molar-refractivity contribution is 5.15. The Balaban J connectivity index is 2.40. The molecule has 1 aromatic rings. The summed E-state index contributed by atoms with van der Waals surface area (Å²) in [5, 5.41) is 3.28. The van der Waals surface area contributed by atoms with Gasteiger partial charge in [-0.15, -0.1) is 0 Å². The fourth-order valence-corrected chi connectivity index (χ4v) is 1.45. The van der Waals surface area contributed by atoms with Crippen LogP contribution in [-0.2, 0) is 11.2 Å². The maximum absolute atomic E-state index is 5.60. The molecule has 0 fully saturated rings. The van der Waals surface area contributed by atoms with Gasteiger partial charge in [0.2, 0.25) is 0 Å². The molecule has 0 saturated carbocycles. The van der Waals surface area contributed by atoms with Crippen molar-refractivity contribution in [2.45, 2.75) is 32.4 Å². The van der Waals surface area contributed by atoms with Gasteiger partial charge in [-0.1, -0.05) is 30.3 Å². The van der Waals surface area contributed by atoms with E-state index < -0.39 is 0 Å². The Bertz CT molecular complexity index is 258. The zero-order valence-corrected chi connectivity index (χ0v) is 9.86. The monoisotopic (exact) mass is 207 g/mol. The molecule has 0 saturated heterocycles. The molecular formula is C13H21NO. The number of nitrogens with one attached hydrogen (secondary N) is 1. The summed E-state index contributed by atoms with van der Waals surface area (Å²) in [5.74, 6) is 0. The summed E-state index contributed by atoms with van der Waals surface area (Å²) < 4.78 is 5.60. The maximum atomic E-state index is 5.60. The van der Waals surface area contributed by atoms with Crippen LogP contribution >= 0.6 is 0 Å². The third-order valence-electron chi connectivity index (χ3n) is 2.36. The van der Waals surface area contributed by atoms with Gasteiger partial charge >= 0.3 is 0 Å². The molecule has 1 aromatic carbocycles. The van der Waals surface area contributed by atoms with Crippen LogP contribution < -0.4 is 5.32 Å². The molecule has 84 valence electrons. The van der Waals surface area contributed by atoms with Crippen molar-refractivity contribution in [3.05, 3.63) is 35.9 Å². The summed E-state index contributed by atoms with van der Waals surface area (Å²) in [6, 6.07) is 10.9. The second kappa shape index (κ2) is 6.59. The lowest BCUT2D eigenvalue weighted by molar-refractivity contribution is 0.0628. The highest BCUT2D eigenvalue weighted by atomic mass is 16.5. The van der Waals surface area contributed by atoms with Crippen molar-refractivity contribution in [2.75, 3.05) is 13.7 Å². The predicted molar refractivity (Wildman–Crippen MR) is 64.1 cm³/mol. The van der Waals surface area contributed by atoms with E-state index in [0.717, 1.165) is 13.0 Å². The summed E-state index contributed by atoms with van der Waals surface area (Å²) in [5.41, 5.74) is 1.35. The first kappa shape index (κ1) is 12.2. The van der Waals surface area contributed by atoms with E-state index in [2.05, 4.69) is 43.4 Å². The van der Waals surface area contributed by atoms with Crippen molar-refractivity contribution in [3.8, 4) is 0 Å². The van der Waals surface area contributed by atoms with E-state index in [1.54, 1.807) is 0 Å². The Morgan fingerprint density at radius 1 is 1.20 bits per heavy atom. The molecule has 1 rings (SSSR count). The average molecular weight is 207 g/mol. The normalized spacial score (nSPS) is 13.1. The molecule has 1 N–H and O–H groups in total. The van der Waals surface area contributed by atoms with Gasteiger partial charge in [-0.2, -0.15) is 0 Å². The lowest BCUT2D eigenvalue weighted by Gasteiger charge is -2.18. The second-order valence-corrected chi connectivity index (χ2v) is 4.06. The fraction of sp³-hybridized carbons (Fsp3) is 0.538.